The van der Waals surface area contributed by atoms with Crippen molar-refractivity contribution in [2.24, 2.45) is 0 Å². The van der Waals surface area contributed by atoms with Gasteiger partial charge in [-0.2, -0.15) is 0 Å². The lowest BCUT2D eigenvalue weighted by Crippen LogP contribution is -2.28. The number of rotatable bonds is 6. The summed E-state index contributed by atoms with van der Waals surface area (Å²) in [6.45, 7) is 1.22. The number of benzene rings is 2. The number of carbonyl (C=O) groups excluding carboxylic acids is 1. The van der Waals surface area contributed by atoms with Crippen LogP contribution < -0.4 is 10.9 Å². The summed E-state index contributed by atoms with van der Waals surface area (Å²) in [5.41, 5.74) is 1.51. The fraction of sp³-hybridized carbons (Fsp3) is 0.200. The molecule has 0 saturated carbocycles. The minimum absolute atomic E-state index is 0.0486. The first-order valence-electron chi connectivity index (χ1n) is 8.32. The Balaban J connectivity index is 1.56. The number of amides is 1. The molecular formula is C20H19ClN2O3. The number of hydrogen-bond donors (Lipinski definition) is 1. The summed E-state index contributed by atoms with van der Waals surface area (Å²) in [4.78, 5) is 25.7. The molecule has 0 radical (unpaired) electrons. The number of para-hydroxylation sites is 1. The molecule has 2 aromatic carbocycles. The van der Waals surface area contributed by atoms with Crippen LogP contribution >= 0.6 is 11.6 Å². The van der Waals surface area contributed by atoms with Crippen LogP contribution in [0.4, 0.5) is 5.69 Å². The van der Waals surface area contributed by atoms with E-state index in [1.807, 2.05) is 18.2 Å². The molecule has 1 amide bonds. The third-order valence-electron chi connectivity index (χ3n) is 4.07. The third-order valence-corrected chi connectivity index (χ3v) is 4.33. The van der Waals surface area contributed by atoms with E-state index < -0.39 is 0 Å². The summed E-state index contributed by atoms with van der Waals surface area (Å²) in [7, 11) is 1.77. The Hall–Kier alpha value is -2.79. The summed E-state index contributed by atoms with van der Waals surface area (Å²) in [6, 6.07) is 15.7. The molecule has 0 bridgehead atoms. The first kappa shape index (κ1) is 18.0. The highest BCUT2D eigenvalue weighted by molar-refractivity contribution is 6.30. The van der Waals surface area contributed by atoms with Crippen molar-refractivity contribution in [3.63, 3.8) is 0 Å². The Morgan fingerprint density at radius 2 is 1.88 bits per heavy atom. The molecule has 134 valence electrons. The van der Waals surface area contributed by atoms with Crippen LogP contribution in [0.2, 0.25) is 5.02 Å². The van der Waals surface area contributed by atoms with Crippen molar-refractivity contribution >= 4 is 34.2 Å². The number of hydrogen-bond acceptors (Lipinski definition) is 4. The van der Waals surface area contributed by atoms with Gasteiger partial charge in [0, 0.05) is 42.2 Å². The summed E-state index contributed by atoms with van der Waals surface area (Å²) in [5, 5.41) is 4.72. The number of nitrogens with one attached hydrogen (secondary N) is 1. The van der Waals surface area contributed by atoms with Crippen molar-refractivity contribution in [3.05, 3.63) is 75.6 Å². The lowest BCUT2D eigenvalue weighted by Gasteiger charge is -2.17. The average molecular weight is 371 g/mol. The Bertz CT molecular complexity index is 967. The summed E-state index contributed by atoms with van der Waals surface area (Å²) in [5.74, 6) is -0.0486. The average Bonchev–Trinajstić information content (AvgIpc) is 2.64. The zero-order chi connectivity index (χ0) is 18.5. The Morgan fingerprint density at radius 3 is 2.65 bits per heavy atom. The molecule has 0 atom stereocenters. The molecule has 1 aromatic heterocycles. The van der Waals surface area contributed by atoms with Gasteiger partial charge in [0.2, 0.25) is 0 Å². The summed E-state index contributed by atoms with van der Waals surface area (Å²) >= 11 is 5.85. The fourth-order valence-electron chi connectivity index (χ4n) is 2.71. The first-order chi connectivity index (χ1) is 12.5. The lowest BCUT2D eigenvalue weighted by molar-refractivity contribution is 0.0794. The summed E-state index contributed by atoms with van der Waals surface area (Å²) < 4.78 is 5.18. The molecule has 0 spiro atoms. The molecule has 5 nitrogen and oxygen atoms in total. The standard InChI is InChI=1S/C20H19ClN2O3/c1-23(20(25)14-7-9-15(21)10-8-14)12-4-11-22-17-13-19(24)26-18-6-3-2-5-16(17)18/h2-3,5-10,13,22H,4,11-12H2,1H3. The van der Waals surface area contributed by atoms with Crippen LogP contribution in [0.1, 0.15) is 16.8 Å². The normalized spacial score (nSPS) is 10.7. The van der Waals surface area contributed by atoms with Gasteiger partial charge < -0.3 is 14.6 Å². The summed E-state index contributed by atoms with van der Waals surface area (Å²) in [6.07, 6.45) is 0.740. The van der Waals surface area contributed by atoms with Crippen molar-refractivity contribution in [3.8, 4) is 0 Å². The van der Waals surface area contributed by atoms with Gasteiger partial charge in [0.25, 0.3) is 5.91 Å². The van der Waals surface area contributed by atoms with Crippen LogP contribution in [0.3, 0.4) is 0 Å². The smallest absolute Gasteiger partial charge is 0.338 e. The number of anilines is 1. The minimum atomic E-state index is -0.388. The predicted molar refractivity (Wildman–Crippen MR) is 104 cm³/mol. The molecule has 26 heavy (non-hydrogen) atoms. The van der Waals surface area contributed by atoms with Gasteiger partial charge in [-0.1, -0.05) is 23.7 Å². The predicted octanol–water partition coefficient (Wildman–Crippen LogP) is 4.02. The molecule has 1 heterocycles. The molecular weight excluding hydrogens is 352 g/mol. The van der Waals surface area contributed by atoms with Gasteiger partial charge >= 0.3 is 5.63 Å². The van der Waals surface area contributed by atoms with E-state index in [1.165, 1.54) is 6.07 Å². The van der Waals surface area contributed by atoms with Crippen molar-refractivity contribution in [1.82, 2.24) is 4.90 Å². The van der Waals surface area contributed by atoms with Gasteiger partial charge in [0.15, 0.2) is 0 Å². The maximum Gasteiger partial charge on any atom is 0.338 e. The molecule has 0 saturated heterocycles. The van der Waals surface area contributed by atoms with Crippen molar-refractivity contribution in [2.45, 2.75) is 6.42 Å². The van der Waals surface area contributed by atoms with E-state index in [2.05, 4.69) is 5.32 Å². The fourth-order valence-corrected chi connectivity index (χ4v) is 2.84. The second-order valence-electron chi connectivity index (χ2n) is 5.99. The Kier molecular flexibility index (Phi) is 5.58. The van der Waals surface area contributed by atoms with E-state index in [-0.39, 0.29) is 11.5 Å². The Labute approximate surface area is 156 Å². The van der Waals surface area contributed by atoms with E-state index in [1.54, 1.807) is 42.3 Å². The van der Waals surface area contributed by atoms with Gasteiger partial charge in [-0.3, -0.25) is 4.79 Å². The molecule has 0 fully saturated rings. The highest BCUT2D eigenvalue weighted by Crippen LogP contribution is 2.20. The van der Waals surface area contributed by atoms with Crippen LogP contribution in [0, 0.1) is 0 Å². The van der Waals surface area contributed by atoms with Crippen molar-refractivity contribution in [2.75, 3.05) is 25.5 Å². The third kappa shape index (κ3) is 4.24. The van der Waals surface area contributed by atoms with Gasteiger partial charge in [-0.25, -0.2) is 4.79 Å². The molecule has 0 unspecified atom stereocenters. The van der Waals surface area contributed by atoms with Crippen LogP contribution in [0.5, 0.6) is 0 Å². The molecule has 6 heteroatoms. The van der Waals surface area contributed by atoms with Gasteiger partial charge in [-0.05, 0) is 42.8 Å². The SMILES string of the molecule is CN(CCCNc1cc(=O)oc2ccccc12)C(=O)c1ccc(Cl)cc1. The lowest BCUT2D eigenvalue weighted by atomic mass is 10.2. The molecule has 0 aliphatic carbocycles. The van der Waals surface area contributed by atoms with E-state index in [9.17, 15) is 9.59 Å². The number of nitrogens with zero attached hydrogens (tertiary/aromatic N) is 1. The highest BCUT2D eigenvalue weighted by Gasteiger charge is 2.11. The molecule has 3 rings (SSSR count). The second kappa shape index (κ2) is 8.06. The molecule has 3 aromatic rings. The molecule has 1 N–H and O–H groups in total. The number of carbonyl (C=O) groups is 1. The van der Waals surface area contributed by atoms with Crippen LogP contribution in [0.15, 0.2) is 63.8 Å². The monoisotopic (exact) mass is 370 g/mol. The maximum absolute atomic E-state index is 12.3. The number of halogens is 1. The van der Waals surface area contributed by atoms with E-state index >= 15 is 0 Å². The highest BCUT2D eigenvalue weighted by atomic mass is 35.5. The van der Waals surface area contributed by atoms with Crippen molar-refractivity contribution in [1.29, 1.82) is 0 Å². The quantitative estimate of drug-likeness (QED) is 0.526. The van der Waals surface area contributed by atoms with E-state index in [0.717, 1.165) is 17.5 Å². The minimum Gasteiger partial charge on any atom is -0.423 e. The molecule has 0 aliphatic heterocycles. The van der Waals surface area contributed by atoms with Crippen LogP contribution in [0.25, 0.3) is 11.0 Å². The van der Waals surface area contributed by atoms with Crippen LogP contribution in [-0.2, 0) is 0 Å². The van der Waals surface area contributed by atoms with Crippen molar-refractivity contribution < 1.29 is 9.21 Å². The van der Waals surface area contributed by atoms with E-state index in [0.29, 0.717) is 29.3 Å². The van der Waals surface area contributed by atoms with Gasteiger partial charge in [-0.15, -0.1) is 0 Å². The number of fused-ring (bicyclic) bond motifs is 1. The molecule has 0 aliphatic rings. The van der Waals surface area contributed by atoms with Gasteiger partial charge in [0.05, 0.1) is 5.69 Å². The Morgan fingerprint density at radius 1 is 1.15 bits per heavy atom. The zero-order valence-electron chi connectivity index (χ0n) is 14.4. The second-order valence-corrected chi connectivity index (χ2v) is 6.43. The zero-order valence-corrected chi connectivity index (χ0v) is 15.1. The van der Waals surface area contributed by atoms with Gasteiger partial charge in [0.1, 0.15) is 5.58 Å². The first-order valence-corrected chi connectivity index (χ1v) is 8.70. The largest absolute Gasteiger partial charge is 0.423 e. The topological polar surface area (TPSA) is 62.6 Å². The van der Waals surface area contributed by atoms with E-state index in [4.69, 9.17) is 16.0 Å². The van der Waals surface area contributed by atoms with Crippen LogP contribution in [-0.4, -0.2) is 30.9 Å². The maximum atomic E-state index is 12.3.